The number of carbonyl (C=O) groups excluding carboxylic acids is 2. The monoisotopic (exact) mass is 576 g/mol. The number of halogens is 2. The van der Waals surface area contributed by atoms with Gasteiger partial charge in [0.1, 0.15) is 17.1 Å². The fraction of sp³-hybridized carbons (Fsp3) is 0.448. The maximum atomic E-state index is 13.1. The highest BCUT2D eigenvalue weighted by molar-refractivity contribution is 6.42. The molecule has 0 unspecified atom stereocenters. The van der Waals surface area contributed by atoms with E-state index in [-0.39, 0.29) is 36.7 Å². The molecule has 8 nitrogen and oxygen atoms in total. The van der Waals surface area contributed by atoms with Crippen LogP contribution in [0.15, 0.2) is 47.7 Å². The summed E-state index contributed by atoms with van der Waals surface area (Å²) >= 11 is 12.0. The first-order valence-corrected chi connectivity index (χ1v) is 13.8. The second-order valence-electron chi connectivity index (χ2n) is 9.63. The molecule has 2 aromatic rings. The summed E-state index contributed by atoms with van der Waals surface area (Å²) in [4.78, 5) is 28.0. The summed E-state index contributed by atoms with van der Waals surface area (Å²) in [6.45, 7) is 3.80. The Morgan fingerprint density at radius 1 is 1.05 bits per heavy atom. The van der Waals surface area contributed by atoms with Crippen molar-refractivity contribution in [3.63, 3.8) is 0 Å². The fourth-order valence-corrected chi connectivity index (χ4v) is 5.09. The molecule has 2 heterocycles. The zero-order valence-electron chi connectivity index (χ0n) is 22.3. The second kappa shape index (κ2) is 14.1. The molecule has 39 heavy (non-hydrogen) atoms. The summed E-state index contributed by atoms with van der Waals surface area (Å²) in [5.74, 6) is 0.934. The van der Waals surface area contributed by atoms with E-state index in [1.807, 2.05) is 6.07 Å². The summed E-state index contributed by atoms with van der Waals surface area (Å²) in [5, 5.41) is 3.91. The molecule has 0 spiro atoms. The summed E-state index contributed by atoms with van der Waals surface area (Å²) < 4.78 is 22.3. The van der Waals surface area contributed by atoms with Crippen LogP contribution in [-0.2, 0) is 9.47 Å². The van der Waals surface area contributed by atoms with Crippen molar-refractivity contribution in [2.24, 2.45) is 0 Å². The van der Waals surface area contributed by atoms with E-state index in [2.05, 4.69) is 10.2 Å². The number of methoxy groups -OCH3 is 2. The normalized spacial score (nSPS) is 15.7. The van der Waals surface area contributed by atoms with Crippen molar-refractivity contribution in [2.75, 3.05) is 53.7 Å². The minimum atomic E-state index is -0.209. The number of piperidine rings is 1. The van der Waals surface area contributed by atoms with Crippen molar-refractivity contribution in [2.45, 2.75) is 31.7 Å². The molecule has 0 aliphatic carbocycles. The number of Topliss-reactive ketones (excluding diaryl/α,β-unsaturated/α-hetero) is 1. The molecule has 4 rings (SSSR count). The minimum Gasteiger partial charge on any atom is -0.493 e. The number of rotatable bonds is 12. The van der Waals surface area contributed by atoms with E-state index in [9.17, 15) is 9.59 Å². The lowest BCUT2D eigenvalue weighted by atomic mass is 10.0. The summed E-state index contributed by atoms with van der Waals surface area (Å²) in [7, 11) is 3.13. The van der Waals surface area contributed by atoms with Gasteiger partial charge in [0.05, 0.1) is 29.9 Å². The fourth-order valence-electron chi connectivity index (χ4n) is 4.79. The molecule has 1 amide bonds. The van der Waals surface area contributed by atoms with Gasteiger partial charge in [0, 0.05) is 44.5 Å². The third-order valence-electron chi connectivity index (χ3n) is 6.82. The van der Waals surface area contributed by atoms with Crippen LogP contribution in [-0.4, -0.2) is 76.3 Å². The van der Waals surface area contributed by atoms with Crippen molar-refractivity contribution < 1.29 is 28.5 Å². The third-order valence-corrected chi connectivity index (χ3v) is 7.56. The quantitative estimate of drug-likeness (QED) is 0.275. The highest BCUT2D eigenvalue weighted by Gasteiger charge is 2.33. The molecule has 1 saturated heterocycles. The number of nitrogens with one attached hydrogen (secondary N) is 1. The molecule has 210 valence electrons. The van der Waals surface area contributed by atoms with Gasteiger partial charge in [0.2, 0.25) is 5.78 Å². The average molecular weight is 578 g/mol. The third kappa shape index (κ3) is 7.52. The Hall–Kier alpha value is -2.62. The van der Waals surface area contributed by atoms with Crippen LogP contribution in [0.4, 0.5) is 0 Å². The van der Waals surface area contributed by atoms with E-state index in [0.29, 0.717) is 44.9 Å². The predicted octanol–water partition coefficient (Wildman–Crippen LogP) is 5.17. The van der Waals surface area contributed by atoms with Gasteiger partial charge in [-0.15, -0.1) is 0 Å². The summed E-state index contributed by atoms with van der Waals surface area (Å²) in [5.41, 5.74) is 1.62. The van der Waals surface area contributed by atoms with Crippen LogP contribution in [0.1, 0.15) is 46.4 Å². The Morgan fingerprint density at radius 3 is 2.49 bits per heavy atom. The lowest BCUT2D eigenvalue weighted by Gasteiger charge is -2.32. The standard InChI is InChI=1S/C29H34Cl2N2O6/c1-36-17-20(18-37-2)28-27(34)26-24(6-5-7-25(26)39-28)38-15-4-3-12-33-13-10-21(11-14-33)32-29(35)19-8-9-22(30)23(31)16-19/h5-9,16,21H,3-4,10-15,17-18H2,1-2H3,(H,32,35). The molecule has 2 aromatic carbocycles. The topological polar surface area (TPSA) is 86.3 Å². The Balaban J connectivity index is 1.19. The lowest BCUT2D eigenvalue weighted by molar-refractivity contribution is 0.0909. The van der Waals surface area contributed by atoms with Gasteiger partial charge in [-0.05, 0) is 62.6 Å². The van der Waals surface area contributed by atoms with Crippen molar-refractivity contribution in [1.29, 1.82) is 0 Å². The van der Waals surface area contributed by atoms with Gasteiger partial charge in [-0.3, -0.25) is 9.59 Å². The lowest BCUT2D eigenvalue weighted by Crippen LogP contribution is -2.44. The van der Waals surface area contributed by atoms with E-state index in [1.54, 1.807) is 44.6 Å². The van der Waals surface area contributed by atoms with Gasteiger partial charge >= 0.3 is 0 Å². The van der Waals surface area contributed by atoms with Gasteiger partial charge < -0.3 is 29.2 Å². The molecule has 0 aromatic heterocycles. The SMILES string of the molecule is COCC(COC)=C1Oc2cccc(OCCCCN3CCC(NC(=O)c4ccc(Cl)c(Cl)c4)CC3)c2C1=O. The maximum Gasteiger partial charge on any atom is 0.251 e. The Kier molecular flexibility index (Phi) is 10.6. The number of unbranched alkanes of at least 4 members (excludes halogenated alkanes) is 1. The van der Waals surface area contributed by atoms with Crippen LogP contribution < -0.4 is 14.8 Å². The molecule has 10 heteroatoms. The maximum absolute atomic E-state index is 13.1. The molecule has 2 aliphatic heterocycles. The number of carbonyl (C=O) groups is 2. The molecular weight excluding hydrogens is 543 g/mol. The summed E-state index contributed by atoms with van der Waals surface area (Å²) in [6, 6.07) is 10.4. The zero-order valence-corrected chi connectivity index (χ0v) is 23.8. The van der Waals surface area contributed by atoms with E-state index in [0.717, 1.165) is 45.3 Å². The van der Waals surface area contributed by atoms with Crippen LogP contribution in [0, 0.1) is 0 Å². The van der Waals surface area contributed by atoms with Gasteiger partial charge in [0.15, 0.2) is 5.76 Å². The zero-order chi connectivity index (χ0) is 27.8. The van der Waals surface area contributed by atoms with Crippen LogP contribution in [0.2, 0.25) is 10.0 Å². The number of hydrogen-bond donors (Lipinski definition) is 1. The second-order valence-corrected chi connectivity index (χ2v) is 10.4. The number of fused-ring (bicyclic) bond motifs is 1. The van der Waals surface area contributed by atoms with Gasteiger partial charge in [-0.1, -0.05) is 29.3 Å². The molecule has 2 aliphatic rings. The van der Waals surface area contributed by atoms with Crippen molar-refractivity contribution in [3.05, 3.63) is 68.9 Å². The molecular formula is C29H34Cl2N2O6. The first kappa shape index (κ1) is 29.4. The molecule has 1 N–H and O–H groups in total. The molecule has 1 fully saturated rings. The smallest absolute Gasteiger partial charge is 0.251 e. The van der Waals surface area contributed by atoms with Gasteiger partial charge in [-0.25, -0.2) is 0 Å². The van der Waals surface area contributed by atoms with E-state index in [1.165, 1.54) is 0 Å². The number of amides is 1. The molecule has 0 saturated carbocycles. The number of ketones is 1. The minimum absolute atomic E-state index is 0.128. The van der Waals surface area contributed by atoms with Gasteiger partial charge in [-0.2, -0.15) is 0 Å². The van der Waals surface area contributed by atoms with Crippen LogP contribution in [0.3, 0.4) is 0 Å². The molecule has 0 bridgehead atoms. The largest absolute Gasteiger partial charge is 0.493 e. The van der Waals surface area contributed by atoms with E-state index >= 15 is 0 Å². The number of ether oxygens (including phenoxy) is 4. The van der Waals surface area contributed by atoms with Gasteiger partial charge in [0.25, 0.3) is 5.91 Å². The number of nitrogens with zero attached hydrogens (tertiary/aromatic N) is 1. The van der Waals surface area contributed by atoms with E-state index < -0.39 is 0 Å². The molecule has 0 atom stereocenters. The van der Waals surface area contributed by atoms with Crippen LogP contribution >= 0.6 is 23.2 Å². The van der Waals surface area contributed by atoms with E-state index in [4.69, 9.17) is 42.1 Å². The average Bonchev–Trinajstić information content (AvgIpc) is 3.27. The van der Waals surface area contributed by atoms with Crippen LogP contribution in [0.5, 0.6) is 11.5 Å². The van der Waals surface area contributed by atoms with Crippen molar-refractivity contribution in [3.8, 4) is 11.5 Å². The Morgan fingerprint density at radius 2 is 1.79 bits per heavy atom. The Bertz CT molecular complexity index is 1200. The number of likely N-dealkylation sites (tertiary alicyclic amines) is 1. The predicted molar refractivity (Wildman–Crippen MR) is 150 cm³/mol. The first-order valence-electron chi connectivity index (χ1n) is 13.1. The highest BCUT2D eigenvalue weighted by Crippen LogP contribution is 2.38. The van der Waals surface area contributed by atoms with Crippen molar-refractivity contribution >= 4 is 34.9 Å². The van der Waals surface area contributed by atoms with Crippen molar-refractivity contribution in [1.82, 2.24) is 10.2 Å². The molecule has 0 radical (unpaired) electrons. The Labute approximate surface area is 239 Å². The number of allylic oxidation sites excluding steroid dienone is 1. The summed E-state index contributed by atoms with van der Waals surface area (Å²) in [6.07, 6.45) is 3.61. The number of benzene rings is 2. The van der Waals surface area contributed by atoms with Crippen LogP contribution in [0.25, 0.3) is 0 Å². The number of hydrogen-bond acceptors (Lipinski definition) is 7. The first-order chi connectivity index (χ1) is 18.9. The highest BCUT2D eigenvalue weighted by atomic mass is 35.5.